The summed E-state index contributed by atoms with van der Waals surface area (Å²) in [5.74, 6) is -2.77. The van der Waals surface area contributed by atoms with Gasteiger partial charge in [0.1, 0.15) is 5.82 Å². The Bertz CT molecular complexity index is 362. The average Bonchev–Trinajstić information content (AvgIpc) is 2.09. The molecule has 0 aliphatic heterocycles. The van der Waals surface area contributed by atoms with Crippen LogP contribution in [0.1, 0.15) is 12.0 Å². The van der Waals surface area contributed by atoms with Crippen LogP contribution in [0, 0.1) is 5.82 Å². The van der Waals surface area contributed by atoms with Crippen molar-refractivity contribution >= 4 is 5.97 Å². The smallest absolute Gasteiger partial charge is 0.303 e. The van der Waals surface area contributed by atoms with Gasteiger partial charge in [0.25, 0.3) is 0 Å². The van der Waals surface area contributed by atoms with Crippen LogP contribution < -0.4 is 0 Å². The van der Waals surface area contributed by atoms with Crippen LogP contribution in [-0.4, -0.2) is 21.3 Å². The molecule has 0 unspecified atom stereocenters. The SMILES string of the molecule is O=C(O)CCc1cc(O)c(O)cc1F. The largest absolute Gasteiger partial charge is 0.504 e. The lowest BCUT2D eigenvalue weighted by Crippen LogP contribution is -1.99. The summed E-state index contributed by atoms with van der Waals surface area (Å²) in [7, 11) is 0. The van der Waals surface area contributed by atoms with Gasteiger partial charge in [0.2, 0.25) is 0 Å². The molecule has 1 aromatic carbocycles. The summed E-state index contributed by atoms with van der Waals surface area (Å²) in [6.07, 6.45) is -0.240. The molecule has 0 fully saturated rings. The summed E-state index contributed by atoms with van der Waals surface area (Å²) in [6, 6.07) is 1.78. The molecule has 3 N–H and O–H groups in total. The van der Waals surface area contributed by atoms with Crippen LogP contribution in [0.3, 0.4) is 0 Å². The number of aryl methyl sites for hydroxylation is 1. The summed E-state index contributed by atoms with van der Waals surface area (Å²) >= 11 is 0. The molecule has 0 radical (unpaired) electrons. The Morgan fingerprint density at radius 3 is 2.43 bits per heavy atom. The molecule has 0 aromatic heterocycles. The zero-order chi connectivity index (χ0) is 10.7. The number of aliphatic carboxylic acids is 1. The summed E-state index contributed by atoms with van der Waals surface area (Å²) in [5.41, 5.74) is 0.0719. The van der Waals surface area contributed by atoms with Gasteiger partial charge in [-0.2, -0.15) is 0 Å². The van der Waals surface area contributed by atoms with Crippen molar-refractivity contribution in [1.82, 2.24) is 0 Å². The van der Waals surface area contributed by atoms with E-state index in [1.54, 1.807) is 0 Å². The number of halogens is 1. The van der Waals surface area contributed by atoms with Gasteiger partial charge in [-0.3, -0.25) is 4.79 Å². The highest BCUT2D eigenvalue weighted by Crippen LogP contribution is 2.27. The maximum Gasteiger partial charge on any atom is 0.303 e. The molecule has 4 nitrogen and oxygen atoms in total. The molecule has 0 saturated heterocycles. The lowest BCUT2D eigenvalue weighted by Gasteiger charge is -2.03. The number of hydrogen-bond acceptors (Lipinski definition) is 3. The van der Waals surface area contributed by atoms with Gasteiger partial charge in [-0.05, 0) is 18.1 Å². The number of phenols is 2. The molecule has 1 rings (SSSR count). The number of hydrogen-bond donors (Lipinski definition) is 3. The maximum absolute atomic E-state index is 13.0. The van der Waals surface area contributed by atoms with Gasteiger partial charge >= 0.3 is 5.97 Å². The number of benzene rings is 1. The van der Waals surface area contributed by atoms with E-state index < -0.39 is 23.3 Å². The fourth-order valence-electron chi connectivity index (χ4n) is 1.03. The highest BCUT2D eigenvalue weighted by Gasteiger charge is 2.09. The second-order valence-electron chi connectivity index (χ2n) is 2.83. The van der Waals surface area contributed by atoms with Crippen LogP contribution in [0.15, 0.2) is 12.1 Å². The van der Waals surface area contributed by atoms with Gasteiger partial charge < -0.3 is 15.3 Å². The van der Waals surface area contributed by atoms with E-state index in [4.69, 9.17) is 15.3 Å². The minimum absolute atomic E-state index is 0.0188. The fraction of sp³-hybridized carbons (Fsp3) is 0.222. The Balaban J connectivity index is 2.87. The molecule has 0 amide bonds. The first-order valence-electron chi connectivity index (χ1n) is 3.93. The quantitative estimate of drug-likeness (QED) is 0.642. The van der Waals surface area contributed by atoms with Crippen molar-refractivity contribution in [2.75, 3.05) is 0 Å². The van der Waals surface area contributed by atoms with Crippen LogP contribution >= 0.6 is 0 Å². The molecule has 0 spiro atoms. The second kappa shape index (κ2) is 3.95. The topological polar surface area (TPSA) is 77.8 Å². The first-order chi connectivity index (χ1) is 6.50. The Morgan fingerprint density at radius 2 is 1.86 bits per heavy atom. The van der Waals surface area contributed by atoms with Gasteiger partial charge in [0.05, 0.1) is 0 Å². The van der Waals surface area contributed by atoms with Gasteiger partial charge in [0.15, 0.2) is 11.5 Å². The van der Waals surface area contributed by atoms with Gasteiger partial charge in [0, 0.05) is 12.5 Å². The molecule has 0 bridgehead atoms. The summed E-state index contributed by atoms with van der Waals surface area (Å²) < 4.78 is 13.0. The van der Waals surface area contributed by atoms with Crippen LogP contribution in [-0.2, 0) is 11.2 Å². The van der Waals surface area contributed by atoms with E-state index in [0.717, 1.165) is 12.1 Å². The monoisotopic (exact) mass is 200 g/mol. The van der Waals surface area contributed by atoms with Crippen molar-refractivity contribution in [3.8, 4) is 11.5 Å². The number of carbonyl (C=O) groups is 1. The average molecular weight is 200 g/mol. The van der Waals surface area contributed by atoms with Gasteiger partial charge in [-0.15, -0.1) is 0 Å². The van der Waals surface area contributed by atoms with E-state index in [1.165, 1.54) is 0 Å². The minimum Gasteiger partial charge on any atom is -0.504 e. The van der Waals surface area contributed by atoms with Crippen LogP contribution in [0.4, 0.5) is 4.39 Å². The standard InChI is InChI=1S/C9H9FO4/c10-6-4-8(12)7(11)3-5(6)1-2-9(13)14/h3-4,11-12H,1-2H2,(H,13,14). The second-order valence-corrected chi connectivity index (χ2v) is 2.83. The highest BCUT2D eigenvalue weighted by atomic mass is 19.1. The highest BCUT2D eigenvalue weighted by molar-refractivity contribution is 5.67. The molecular formula is C9H9FO4. The first kappa shape index (κ1) is 10.3. The Kier molecular flexibility index (Phi) is 2.91. The summed E-state index contributed by atoms with van der Waals surface area (Å²) in [5, 5.41) is 26.3. The van der Waals surface area contributed by atoms with Crippen molar-refractivity contribution in [2.45, 2.75) is 12.8 Å². The third-order valence-electron chi connectivity index (χ3n) is 1.75. The van der Waals surface area contributed by atoms with E-state index in [0.29, 0.717) is 0 Å². The van der Waals surface area contributed by atoms with Crippen LogP contribution in [0.2, 0.25) is 0 Å². The van der Waals surface area contributed by atoms with E-state index >= 15 is 0 Å². The van der Waals surface area contributed by atoms with Crippen molar-refractivity contribution in [2.24, 2.45) is 0 Å². The van der Waals surface area contributed by atoms with E-state index in [9.17, 15) is 9.18 Å². The van der Waals surface area contributed by atoms with Gasteiger partial charge in [-0.25, -0.2) is 4.39 Å². The molecular weight excluding hydrogens is 191 g/mol. The Morgan fingerprint density at radius 1 is 1.29 bits per heavy atom. The van der Waals surface area contributed by atoms with Crippen molar-refractivity contribution in [3.63, 3.8) is 0 Å². The zero-order valence-corrected chi connectivity index (χ0v) is 7.20. The molecule has 0 aliphatic rings. The third kappa shape index (κ3) is 2.35. The lowest BCUT2D eigenvalue weighted by molar-refractivity contribution is -0.136. The van der Waals surface area contributed by atoms with E-state index in [1.807, 2.05) is 0 Å². The maximum atomic E-state index is 13.0. The molecule has 0 aliphatic carbocycles. The predicted molar refractivity (Wildman–Crippen MR) is 45.7 cm³/mol. The summed E-state index contributed by atoms with van der Waals surface area (Å²) in [4.78, 5) is 10.2. The Labute approximate surface area is 79.2 Å². The molecule has 0 atom stereocenters. The molecule has 5 heteroatoms. The number of rotatable bonds is 3. The normalized spacial score (nSPS) is 10.1. The lowest BCUT2D eigenvalue weighted by atomic mass is 10.1. The summed E-state index contributed by atoms with van der Waals surface area (Å²) in [6.45, 7) is 0. The molecule has 1 aromatic rings. The first-order valence-corrected chi connectivity index (χ1v) is 3.93. The zero-order valence-electron chi connectivity index (χ0n) is 7.20. The van der Waals surface area contributed by atoms with Crippen molar-refractivity contribution in [3.05, 3.63) is 23.5 Å². The van der Waals surface area contributed by atoms with Crippen LogP contribution in [0.25, 0.3) is 0 Å². The predicted octanol–water partition coefficient (Wildman–Crippen LogP) is 1.25. The van der Waals surface area contributed by atoms with Crippen molar-refractivity contribution < 1.29 is 24.5 Å². The molecule has 76 valence electrons. The number of aromatic hydroxyl groups is 2. The van der Waals surface area contributed by atoms with Crippen molar-refractivity contribution in [1.29, 1.82) is 0 Å². The minimum atomic E-state index is -1.04. The molecule has 14 heavy (non-hydrogen) atoms. The third-order valence-corrected chi connectivity index (χ3v) is 1.75. The number of carboxylic acid groups (broad SMARTS) is 1. The fourth-order valence-corrected chi connectivity index (χ4v) is 1.03. The van der Waals surface area contributed by atoms with E-state index in [2.05, 4.69) is 0 Å². The molecule has 0 saturated carbocycles. The molecule has 0 heterocycles. The Hall–Kier alpha value is -1.78. The van der Waals surface area contributed by atoms with E-state index in [-0.39, 0.29) is 18.4 Å². The van der Waals surface area contributed by atoms with Gasteiger partial charge in [-0.1, -0.05) is 0 Å². The number of carboxylic acids is 1. The van der Waals surface area contributed by atoms with Crippen LogP contribution in [0.5, 0.6) is 11.5 Å². The number of phenolic OH excluding ortho intramolecular Hbond substituents is 2.